The van der Waals surface area contributed by atoms with Gasteiger partial charge >= 0.3 is 0 Å². The summed E-state index contributed by atoms with van der Waals surface area (Å²) < 4.78 is 8.26. The number of benzene rings is 2. The summed E-state index contributed by atoms with van der Waals surface area (Å²) in [4.78, 5) is 8.63. The Morgan fingerprint density at radius 1 is 0.920 bits per heavy atom. The lowest BCUT2D eigenvalue weighted by molar-refractivity contribution is -0.663. The summed E-state index contributed by atoms with van der Waals surface area (Å²) in [5.74, 6) is 0. The maximum atomic E-state index is 6.24. The Morgan fingerprint density at radius 2 is 1.72 bits per heavy atom. The smallest absolute Gasteiger partial charge is 0.286 e. The van der Waals surface area contributed by atoms with E-state index in [1.165, 1.54) is 16.3 Å². The van der Waals surface area contributed by atoms with E-state index in [-0.39, 0.29) is 0 Å². The summed E-state index contributed by atoms with van der Waals surface area (Å²) >= 11 is 0. The van der Waals surface area contributed by atoms with Gasteiger partial charge < -0.3 is 4.42 Å². The fourth-order valence-corrected chi connectivity index (χ4v) is 3.71. The molecule has 0 aliphatic carbocycles. The molecule has 4 nitrogen and oxygen atoms in total. The molecule has 0 aliphatic heterocycles. The molecule has 0 bridgehead atoms. The van der Waals surface area contributed by atoms with Crippen LogP contribution in [-0.2, 0) is 7.05 Å². The molecule has 0 fully saturated rings. The van der Waals surface area contributed by atoms with Gasteiger partial charge in [-0.15, -0.1) is 0 Å². The first-order chi connectivity index (χ1) is 12.3. The van der Waals surface area contributed by atoms with E-state index >= 15 is 0 Å². The van der Waals surface area contributed by atoms with Crippen molar-refractivity contribution in [3.8, 4) is 11.3 Å². The predicted octanol–water partition coefficient (Wildman–Crippen LogP) is 4.33. The summed E-state index contributed by atoms with van der Waals surface area (Å²) in [5, 5.41) is 4.60. The number of aromatic nitrogens is 3. The fraction of sp³-hybridized carbons (Fsp3) is 0.0952. The molecule has 0 atom stereocenters. The third-order valence-corrected chi connectivity index (χ3v) is 4.86. The number of rotatable bonds is 1. The van der Waals surface area contributed by atoms with Crippen molar-refractivity contribution < 1.29 is 8.98 Å². The Bertz CT molecular complexity index is 1270. The van der Waals surface area contributed by atoms with Gasteiger partial charge in [-0.05, 0) is 35.4 Å². The Labute approximate surface area is 144 Å². The average molecular weight is 326 g/mol. The second-order valence-electron chi connectivity index (χ2n) is 6.28. The molecule has 0 N–H and O–H groups in total. The summed E-state index contributed by atoms with van der Waals surface area (Å²) in [7, 11) is 2.00. The molecule has 5 rings (SSSR count). The first-order valence-electron chi connectivity index (χ1n) is 8.24. The van der Waals surface area contributed by atoms with Gasteiger partial charge in [0, 0.05) is 23.0 Å². The number of aryl methyl sites for hydroxylation is 2. The number of fused-ring (bicyclic) bond motifs is 5. The first-order valence-corrected chi connectivity index (χ1v) is 8.24. The second kappa shape index (κ2) is 5.11. The highest BCUT2D eigenvalue weighted by Gasteiger charge is 2.22. The highest BCUT2D eigenvalue weighted by atomic mass is 16.3. The Balaban J connectivity index is 2.10. The standard InChI is InChI=1S/C21H16N3O/c1-13-14-6-3-4-7-15(14)19-16-8-5-10-23-21(16)25-20(19)18(13)17-9-11-22-12-24(17)2/h3-12H,1-2H3/q+1. The average Bonchev–Trinajstić information content (AvgIpc) is 3.02. The van der Waals surface area contributed by atoms with Crippen LogP contribution in [0.4, 0.5) is 0 Å². The van der Waals surface area contributed by atoms with Crippen molar-refractivity contribution in [3.63, 3.8) is 0 Å². The number of pyridine rings is 1. The van der Waals surface area contributed by atoms with E-state index in [1.807, 2.05) is 36.3 Å². The second-order valence-corrected chi connectivity index (χ2v) is 6.28. The molecule has 3 aromatic heterocycles. The van der Waals surface area contributed by atoms with Gasteiger partial charge in [0.05, 0.1) is 12.6 Å². The zero-order valence-corrected chi connectivity index (χ0v) is 14.0. The normalized spacial score (nSPS) is 11.6. The largest absolute Gasteiger partial charge is 0.437 e. The zero-order chi connectivity index (χ0) is 17.0. The van der Waals surface area contributed by atoms with E-state index in [1.54, 1.807) is 6.20 Å². The van der Waals surface area contributed by atoms with Crippen LogP contribution in [0.2, 0.25) is 0 Å². The molecular formula is C21H16N3O+. The lowest BCUT2D eigenvalue weighted by atomic mass is 9.93. The molecule has 0 aliphatic rings. The molecule has 5 aromatic rings. The van der Waals surface area contributed by atoms with Crippen LogP contribution in [-0.4, -0.2) is 9.97 Å². The van der Waals surface area contributed by atoms with Crippen molar-refractivity contribution in [2.45, 2.75) is 6.92 Å². The lowest BCUT2D eigenvalue weighted by Crippen LogP contribution is -2.31. The third-order valence-electron chi connectivity index (χ3n) is 4.86. The molecule has 3 heterocycles. The van der Waals surface area contributed by atoms with Crippen LogP contribution in [0.3, 0.4) is 0 Å². The Kier molecular flexibility index (Phi) is 2.88. The summed E-state index contributed by atoms with van der Waals surface area (Å²) in [6.45, 7) is 2.15. The van der Waals surface area contributed by atoms with Crippen molar-refractivity contribution >= 4 is 32.8 Å². The number of hydrogen-bond donors (Lipinski definition) is 0. The topological polar surface area (TPSA) is 42.8 Å². The minimum absolute atomic E-state index is 0.672. The van der Waals surface area contributed by atoms with Crippen molar-refractivity contribution in [1.29, 1.82) is 0 Å². The van der Waals surface area contributed by atoms with Gasteiger partial charge in [0.2, 0.25) is 5.71 Å². The first kappa shape index (κ1) is 14.1. The van der Waals surface area contributed by atoms with E-state index in [4.69, 9.17) is 4.42 Å². The summed E-state index contributed by atoms with van der Waals surface area (Å²) in [6.07, 6.45) is 5.40. The zero-order valence-electron chi connectivity index (χ0n) is 14.0. The summed E-state index contributed by atoms with van der Waals surface area (Å²) in [6, 6.07) is 14.5. The molecule has 0 saturated heterocycles. The predicted molar refractivity (Wildman–Crippen MR) is 98.2 cm³/mol. The van der Waals surface area contributed by atoms with Crippen LogP contribution < -0.4 is 4.57 Å². The van der Waals surface area contributed by atoms with Crippen LogP contribution in [0, 0.1) is 6.92 Å². The highest BCUT2D eigenvalue weighted by molar-refractivity contribution is 6.22. The molecule has 25 heavy (non-hydrogen) atoms. The maximum Gasteiger partial charge on any atom is 0.286 e. The van der Waals surface area contributed by atoms with Gasteiger partial charge in [0.15, 0.2) is 0 Å². The van der Waals surface area contributed by atoms with E-state index in [0.717, 1.165) is 27.6 Å². The monoisotopic (exact) mass is 326 g/mol. The Morgan fingerprint density at radius 3 is 2.56 bits per heavy atom. The lowest BCUT2D eigenvalue weighted by Gasteiger charge is -2.11. The molecule has 0 radical (unpaired) electrons. The van der Waals surface area contributed by atoms with Gasteiger partial charge in [-0.25, -0.2) is 9.55 Å². The van der Waals surface area contributed by atoms with Gasteiger partial charge in [-0.2, -0.15) is 0 Å². The quantitative estimate of drug-likeness (QED) is 0.431. The molecule has 0 unspecified atom stereocenters. The van der Waals surface area contributed by atoms with E-state index in [2.05, 4.69) is 47.2 Å². The minimum atomic E-state index is 0.672. The molecule has 0 spiro atoms. The Hall–Kier alpha value is -3.27. The van der Waals surface area contributed by atoms with Crippen molar-refractivity contribution in [2.75, 3.05) is 0 Å². The summed E-state index contributed by atoms with van der Waals surface area (Å²) in [5.41, 5.74) is 4.92. The van der Waals surface area contributed by atoms with Crippen LogP contribution in [0.5, 0.6) is 0 Å². The fourth-order valence-electron chi connectivity index (χ4n) is 3.71. The number of hydrogen-bond acceptors (Lipinski definition) is 3. The number of nitrogens with zero attached hydrogens (tertiary/aromatic N) is 3. The van der Waals surface area contributed by atoms with Gasteiger partial charge in [0.25, 0.3) is 6.33 Å². The minimum Gasteiger partial charge on any atom is -0.437 e. The maximum absolute atomic E-state index is 6.24. The molecular weight excluding hydrogens is 310 g/mol. The molecule has 0 saturated carbocycles. The van der Waals surface area contributed by atoms with Crippen LogP contribution in [0.15, 0.2) is 65.6 Å². The van der Waals surface area contributed by atoms with E-state index < -0.39 is 0 Å². The van der Waals surface area contributed by atoms with E-state index in [0.29, 0.717) is 5.71 Å². The van der Waals surface area contributed by atoms with Gasteiger partial charge in [0.1, 0.15) is 17.5 Å². The third kappa shape index (κ3) is 1.91. The molecule has 120 valence electrons. The van der Waals surface area contributed by atoms with Gasteiger partial charge in [-0.1, -0.05) is 29.2 Å². The van der Waals surface area contributed by atoms with Crippen LogP contribution in [0.25, 0.3) is 44.1 Å². The van der Waals surface area contributed by atoms with Crippen LogP contribution >= 0.6 is 0 Å². The molecule has 0 amide bonds. The SMILES string of the molecule is Cc1c(-c2ccnc[n+]2C)c2oc3ncccc3c2c2ccccc12. The van der Waals surface area contributed by atoms with Crippen molar-refractivity contribution in [1.82, 2.24) is 9.97 Å². The van der Waals surface area contributed by atoms with Crippen molar-refractivity contribution in [3.05, 3.63) is 66.7 Å². The van der Waals surface area contributed by atoms with Crippen molar-refractivity contribution in [2.24, 2.45) is 7.05 Å². The van der Waals surface area contributed by atoms with Gasteiger partial charge in [-0.3, -0.25) is 0 Å². The molecule has 2 aromatic carbocycles. The van der Waals surface area contributed by atoms with Crippen LogP contribution in [0.1, 0.15) is 5.56 Å². The molecule has 4 heteroatoms. The highest BCUT2D eigenvalue weighted by Crippen LogP contribution is 2.41. The number of furan rings is 1. The van der Waals surface area contributed by atoms with E-state index in [9.17, 15) is 0 Å².